The molecule has 0 spiro atoms. The summed E-state index contributed by atoms with van der Waals surface area (Å²) in [6.45, 7) is 1.68. The molecule has 1 atom stereocenters. The highest BCUT2D eigenvalue weighted by molar-refractivity contribution is 6.30. The van der Waals surface area contributed by atoms with Gasteiger partial charge in [0, 0.05) is 23.0 Å². The lowest BCUT2D eigenvalue weighted by Gasteiger charge is -2.20. The Morgan fingerprint density at radius 1 is 1.12 bits per heavy atom. The minimum atomic E-state index is -0.432. The van der Waals surface area contributed by atoms with Crippen LogP contribution in [0.5, 0.6) is 0 Å². The molecule has 3 rings (SSSR count). The molecule has 7 heteroatoms. The van der Waals surface area contributed by atoms with Gasteiger partial charge in [0.15, 0.2) is 0 Å². The van der Waals surface area contributed by atoms with E-state index in [-0.39, 0.29) is 11.5 Å². The molecule has 3 aromatic rings. The van der Waals surface area contributed by atoms with Crippen LogP contribution >= 0.6 is 11.6 Å². The second-order valence-corrected chi connectivity index (χ2v) is 5.91. The van der Waals surface area contributed by atoms with Gasteiger partial charge in [-0.05, 0) is 42.8 Å². The second kappa shape index (κ2) is 7.27. The van der Waals surface area contributed by atoms with E-state index < -0.39 is 11.0 Å². The smallest absolute Gasteiger partial charge is 0.314 e. The van der Waals surface area contributed by atoms with E-state index in [0.29, 0.717) is 16.3 Å². The molecule has 0 amide bonds. The van der Waals surface area contributed by atoms with E-state index in [1.165, 1.54) is 6.20 Å². The normalized spacial score (nSPS) is 11.8. The first-order valence-corrected chi connectivity index (χ1v) is 7.97. The first-order valence-electron chi connectivity index (χ1n) is 7.59. The maximum absolute atomic E-state index is 11.4. The summed E-state index contributed by atoms with van der Waals surface area (Å²) < 4.78 is 0. The van der Waals surface area contributed by atoms with Gasteiger partial charge in [0.25, 0.3) is 0 Å². The number of pyridine rings is 2. The number of aromatic nitrogens is 2. The highest BCUT2D eigenvalue weighted by atomic mass is 35.5. The van der Waals surface area contributed by atoms with E-state index in [4.69, 9.17) is 11.6 Å². The van der Waals surface area contributed by atoms with Crippen LogP contribution in [0.1, 0.15) is 22.9 Å². The standard InChI is InChI=1S/C18H15ClN4O2/c1-12-8-10-21-18(17(12)23(24)25)22-16(15-7-2-3-9-20-15)13-5-4-6-14(19)11-13/h2-11,16H,1H3,(H,21,22). The van der Waals surface area contributed by atoms with E-state index in [0.717, 1.165) is 5.56 Å². The molecule has 6 nitrogen and oxygen atoms in total. The number of halogens is 1. The van der Waals surface area contributed by atoms with E-state index >= 15 is 0 Å². The van der Waals surface area contributed by atoms with Gasteiger partial charge in [-0.25, -0.2) is 4.98 Å². The Morgan fingerprint density at radius 3 is 2.64 bits per heavy atom. The quantitative estimate of drug-likeness (QED) is 0.537. The number of nitrogens with zero attached hydrogens (tertiary/aromatic N) is 3. The fraction of sp³-hybridized carbons (Fsp3) is 0.111. The van der Waals surface area contributed by atoms with Crippen LogP contribution in [0, 0.1) is 17.0 Å². The van der Waals surface area contributed by atoms with Gasteiger partial charge in [0.1, 0.15) is 0 Å². The predicted molar refractivity (Wildman–Crippen MR) is 96.8 cm³/mol. The zero-order valence-corrected chi connectivity index (χ0v) is 14.1. The molecule has 0 saturated heterocycles. The van der Waals surface area contributed by atoms with E-state index in [9.17, 15) is 10.1 Å². The number of nitrogens with one attached hydrogen (secondary N) is 1. The molecule has 1 aromatic carbocycles. The van der Waals surface area contributed by atoms with Gasteiger partial charge >= 0.3 is 5.69 Å². The van der Waals surface area contributed by atoms with Crippen LogP contribution in [0.25, 0.3) is 0 Å². The van der Waals surface area contributed by atoms with Gasteiger partial charge < -0.3 is 5.32 Å². The second-order valence-electron chi connectivity index (χ2n) is 5.47. The first kappa shape index (κ1) is 16.9. The molecule has 1 unspecified atom stereocenters. The number of nitro groups is 1. The van der Waals surface area contributed by atoms with Crippen molar-refractivity contribution in [1.29, 1.82) is 0 Å². The van der Waals surface area contributed by atoms with Gasteiger partial charge in [-0.1, -0.05) is 29.8 Å². The molecule has 0 saturated carbocycles. The predicted octanol–water partition coefficient (Wildman–Crippen LogP) is 4.55. The number of hydrogen-bond acceptors (Lipinski definition) is 5. The molecule has 0 radical (unpaired) electrons. The Morgan fingerprint density at radius 2 is 1.96 bits per heavy atom. The zero-order chi connectivity index (χ0) is 17.8. The van der Waals surface area contributed by atoms with Crippen molar-refractivity contribution in [2.24, 2.45) is 0 Å². The number of aryl methyl sites for hydroxylation is 1. The largest absolute Gasteiger partial charge is 0.352 e. The lowest BCUT2D eigenvalue weighted by molar-refractivity contribution is -0.384. The molecule has 126 valence electrons. The van der Waals surface area contributed by atoms with Crippen molar-refractivity contribution in [3.05, 3.63) is 92.9 Å². The van der Waals surface area contributed by atoms with Gasteiger partial charge in [-0.15, -0.1) is 0 Å². The highest BCUT2D eigenvalue weighted by Gasteiger charge is 2.23. The van der Waals surface area contributed by atoms with Crippen molar-refractivity contribution in [3.8, 4) is 0 Å². The monoisotopic (exact) mass is 354 g/mol. The molecular weight excluding hydrogens is 340 g/mol. The molecule has 0 bridgehead atoms. The molecule has 2 aromatic heterocycles. The maximum Gasteiger partial charge on any atom is 0.314 e. The van der Waals surface area contributed by atoms with Crippen molar-refractivity contribution < 1.29 is 4.92 Å². The Balaban J connectivity index is 2.08. The van der Waals surface area contributed by atoms with Gasteiger partial charge in [0.05, 0.1) is 16.7 Å². The molecule has 0 aliphatic carbocycles. The maximum atomic E-state index is 11.4. The van der Waals surface area contributed by atoms with Crippen molar-refractivity contribution >= 4 is 23.1 Å². The molecule has 0 fully saturated rings. The average Bonchev–Trinajstić information content (AvgIpc) is 2.60. The summed E-state index contributed by atoms with van der Waals surface area (Å²) >= 11 is 6.11. The molecular formula is C18H15ClN4O2. The SMILES string of the molecule is Cc1ccnc(NC(c2cccc(Cl)c2)c2ccccn2)c1[N+](=O)[O-]. The molecule has 0 aliphatic rings. The Kier molecular flexibility index (Phi) is 4.90. The summed E-state index contributed by atoms with van der Waals surface area (Å²) in [6, 6.07) is 14.0. The zero-order valence-electron chi connectivity index (χ0n) is 13.4. The van der Waals surface area contributed by atoms with Crippen LogP contribution in [0.15, 0.2) is 60.9 Å². The number of anilines is 1. The summed E-state index contributed by atoms with van der Waals surface area (Å²) in [5, 5.41) is 15.2. The summed E-state index contributed by atoms with van der Waals surface area (Å²) in [6.07, 6.45) is 3.21. The summed E-state index contributed by atoms with van der Waals surface area (Å²) in [7, 11) is 0. The van der Waals surface area contributed by atoms with Crippen LogP contribution in [0.3, 0.4) is 0 Å². The van der Waals surface area contributed by atoms with Crippen molar-refractivity contribution in [2.75, 3.05) is 5.32 Å². The van der Waals surface area contributed by atoms with E-state index in [1.807, 2.05) is 30.3 Å². The van der Waals surface area contributed by atoms with Crippen LogP contribution in [-0.2, 0) is 0 Å². The van der Waals surface area contributed by atoms with Gasteiger partial charge in [-0.2, -0.15) is 0 Å². The minimum Gasteiger partial charge on any atom is -0.352 e. The lowest BCUT2D eigenvalue weighted by atomic mass is 10.0. The van der Waals surface area contributed by atoms with Crippen LogP contribution in [0.2, 0.25) is 5.02 Å². The van der Waals surface area contributed by atoms with Crippen LogP contribution in [0.4, 0.5) is 11.5 Å². The Bertz CT molecular complexity index is 903. The number of benzene rings is 1. The highest BCUT2D eigenvalue weighted by Crippen LogP contribution is 2.32. The fourth-order valence-electron chi connectivity index (χ4n) is 2.58. The molecule has 2 heterocycles. The number of rotatable bonds is 5. The lowest BCUT2D eigenvalue weighted by Crippen LogP contribution is -2.16. The third kappa shape index (κ3) is 3.75. The van der Waals surface area contributed by atoms with Crippen LogP contribution < -0.4 is 5.32 Å². The van der Waals surface area contributed by atoms with Crippen molar-refractivity contribution in [2.45, 2.75) is 13.0 Å². The minimum absolute atomic E-state index is 0.0505. The fourth-order valence-corrected chi connectivity index (χ4v) is 2.78. The summed E-state index contributed by atoms with van der Waals surface area (Å²) in [4.78, 5) is 19.5. The van der Waals surface area contributed by atoms with Crippen LogP contribution in [-0.4, -0.2) is 14.9 Å². The van der Waals surface area contributed by atoms with E-state index in [2.05, 4.69) is 15.3 Å². The summed E-state index contributed by atoms with van der Waals surface area (Å²) in [5.74, 6) is 0.195. The third-order valence-electron chi connectivity index (χ3n) is 3.76. The average molecular weight is 355 g/mol. The topological polar surface area (TPSA) is 81.0 Å². The summed E-state index contributed by atoms with van der Waals surface area (Å²) in [5.41, 5.74) is 2.03. The Labute approximate surface area is 149 Å². The van der Waals surface area contributed by atoms with Gasteiger partial charge in [-0.3, -0.25) is 15.1 Å². The molecule has 25 heavy (non-hydrogen) atoms. The Hall–Kier alpha value is -2.99. The first-order chi connectivity index (χ1) is 12.1. The van der Waals surface area contributed by atoms with Crippen molar-refractivity contribution in [1.82, 2.24) is 9.97 Å². The number of hydrogen-bond donors (Lipinski definition) is 1. The molecule has 0 aliphatic heterocycles. The van der Waals surface area contributed by atoms with E-state index in [1.54, 1.807) is 31.3 Å². The van der Waals surface area contributed by atoms with Crippen molar-refractivity contribution in [3.63, 3.8) is 0 Å². The third-order valence-corrected chi connectivity index (χ3v) is 3.99. The van der Waals surface area contributed by atoms with Gasteiger partial charge in [0.2, 0.25) is 5.82 Å². The molecule has 1 N–H and O–H groups in total.